The van der Waals surface area contributed by atoms with Crippen LogP contribution >= 0.6 is 23.8 Å². The Bertz CT molecular complexity index is 860. The monoisotopic (exact) mass is 389 g/mol. The number of nitrogens with one attached hydrogen (secondary N) is 1. The van der Waals surface area contributed by atoms with E-state index in [9.17, 15) is 4.79 Å². The van der Waals surface area contributed by atoms with Crippen molar-refractivity contribution in [3.8, 4) is 5.69 Å². The van der Waals surface area contributed by atoms with Gasteiger partial charge in [0.25, 0.3) is 5.56 Å². The number of benzene rings is 1. The molecular weight excluding hydrogens is 370 g/mol. The van der Waals surface area contributed by atoms with E-state index in [0.717, 1.165) is 31.3 Å². The summed E-state index contributed by atoms with van der Waals surface area (Å²) in [4.78, 5) is 16.9. The van der Waals surface area contributed by atoms with E-state index in [1.54, 1.807) is 6.20 Å². The number of thiocarbonyl (C=S) groups is 1. The van der Waals surface area contributed by atoms with E-state index in [-0.39, 0.29) is 10.6 Å². The Morgan fingerprint density at radius 2 is 1.85 bits per heavy atom. The molecular formula is C18H20ClN5OS. The van der Waals surface area contributed by atoms with Crippen molar-refractivity contribution in [2.45, 2.75) is 18.9 Å². The Morgan fingerprint density at radius 3 is 2.50 bits per heavy atom. The number of nitrogens with zero attached hydrogens (tertiary/aromatic N) is 4. The Balaban J connectivity index is 1.48. The zero-order chi connectivity index (χ0) is 18.1. The summed E-state index contributed by atoms with van der Waals surface area (Å²) in [6, 6.07) is 9.84. The van der Waals surface area contributed by atoms with Gasteiger partial charge < -0.3 is 15.1 Å². The zero-order valence-corrected chi connectivity index (χ0v) is 15.8. The second-order valence-electron chi connectivity index (χ2n) is 6.59. The van der Waals surface area contributed by atoms with Gasteiger partial charge in [0.1, 0.15) is 5.02 Å². The van der Waals surface area contributed by atoms with E-state index in [1.807, 2.05) is 30.3 Å². The molecule has 1 aliphatic carbocycles. The lowest BCUT2D eigenvalue weighted by Gasteiger charge is -2.37. The van der Waals surface area contributed by atoms with Gasteiger partial charge >= 0.3 is 0 Å². The maximum Gasteiger partial charge on any atom is 0.292 e. The third-order valence-corrected chi connectivity index (χ3v) is 5.45. The van der Waals surface area contributed by atoms with E-state index in [2.05, 4.69) is 20.2 Å². The normalized spacial score (nSPS) is 17.3. The predicted octanol–water partition coefficient (Wildman–Crippen LogP) is 2.04. The largest absolute Gasteiger partial charge is 0.365 e. The average Bonchev–Trinajstić information content (AvgIpc) is 3.49. The highest BCUT2D eigenvalue weighted by Gasteiger charge is 2.26. The standard InChI is InChI=1S/C18H20ClN5OS/c19-16-15(12-20-24(17(16)25)14-4-2-1-3-5-14)22-8-10-23(11-9-22)18(26)21-13-6-7-13/h1-5,12-13H,6-11H2,(H,21,26). The van der Waals surface area contributed by atoms with Gasteiger partial charge in [-0.1, -0.05) is 29.8 Å². The number of hydrogen-bond donors (Lipinski definition) is 1. The molecule has 2 fully saturated rings. The fourth-order valence-electron chi connectivity index (χ4n) is 3.04. The van der Waals surface area contributed by atoms with Gasteiger partial charge in [-0.25, -0.2) is 0 Å². The van der Waals surface area contributed by atoms with Crippen molar-refractivity contribution in [2.75, 3.05) is 31.1 Å². The average molecular weight is 390 g/mol. The van der Waals surface area contributed by atoms with Crippen molar-refractivity contribution in [2.24, 2.45) is 0 Å². The molecule has 8 heteroatoms. The van der Waals surface area contributed by atoms with Gasteiger partial charge in [0.05, 0.1) is 17.6 Å². The molecule has 0 atom stereocenters. The molecule has 2 aromatic rings. The minimum Gasteiger partial charge on any atom is -0.365 e. The van der Waals surface area contributed by atoms with Crippen LogP contribution in [0, 0.1) is 0 Å². The molecule has 1 aromatic carbocycles. The lowest BCUT2D eigenvalue weighted by molar-refractivity contribution is 0.379. The van der Waals surface area contributed by atoms with E-state index < -0.39 is 0 Å². The Hall–Kier alpha value is -2.12. The van der Waals surface area contributed by atoms with Crippen molar-refractivity contribution in [1.82, 2.24) is 20.0 Å². The third-order valence-electron chi connectivity index (χ3n) is 4.71. The molecule has 6 nitrogen and oxygen atoms in total. The lowest BCUT2D eigenvalue weighted by Crippen LogP contribution is -2.52. The van der Waals surface area contributed by atoms with Crippen LogP contribution in [0.3, 0.4) is 0 Å². The van der Waals surface area contributed by atoms with Gasteiger partial charge in [-0.05, 0) is 37.2 Å². The van der Waals surface area contributed by atoms with Gasteiger partial charge in [-0.3, -0.25) is 4.79 Å². The first-order valence-corrected chi connectivity index (χ1v) is 9.56. The number of rotatable bonds is 3. The zero-order valence-electron chi connectivity index (χ0n) is 14.3. The van der Waals surface area contributed by atoms with Crippen LogP contribution in [0.15, 0.2) is 41.3 Å². The fourth-order valence-corrected chi connectivity index (χ4v) is 3.64. The van der Waals surface area contributed by atoms with Crippen LogP contribution in [0.5, 0.6) is 0 Å². The van der Waals surface area contributed by atoms with Crippen molar-refractivity contribution in [1.29, 1.82) is 0 Å². The fraction of sp³-hybridized carbons (Fsp3) is 0.389. The minimum atomic E-state index is -0.302. The molecule has 136 valence electrons. The number of hydrogen-bond acceptors (Lipinski definition) is 4. The van der Waals surface area contributed by atoms with E-state index in [4.69, 9.17) is 23.8 Å². The van der Waals surface area contributed by atoms with Gasteiger partial charge in [0.2, 0.25) is 0 Å². The molecule has 1 N–H and O–H groups in total. The quantitative estimate of drug-likeness (QED) is 0.811. The minimum absolute atomic E-state index is 0.205. The number of anilines is 1. The van der Waals surface area contributed by atoms with Crippen molar-refractivity contribution < 1.29 is 0 Å². The van der Waals surface area contributed by atoms with Crippen LogP contribution in [-0.4, -0.2) is 52.0 Å². The SMILES string of the molecule is O=c1c(Cl)c(N2CCN(C(=S)NC3CC3)CC2)cnn1-c1ccccc1. The number of piperazine rings is 1. The van der Waals surface area contributed by atoms with Gasteiger partial charge in [0, 0.05) is 32.2 Å². The molecule has 0 spiro atoms. The highest BCUT2D eigenvalue weighted by Crippen LogP contribution is 2.24. The second kappa shape index (κ2) is 7.25. The van der Waals surface area contributed by atoms with Crippen LogP contribution in [0.25, 0.3) is 5.69 Å². The Kier molecular flexibility index (Phi) is 4.82. The third kappa shape index (κ3) is 3.54. The summed E-state index contributed by atoms with van der Waals surface area (Å²) in [5.41, 5.74) is 1.08. The first kappa shape index (κ1) is 17.3. The molecule has 1 aliphatic heterocycles. The van der Waals surface area contributed by atoms with Crippen LogP contribution in [-0.2, 0) is 0 Å². The highest BCUT2D eigenvalue weighted by atomic mass is 35.5. The Labute approximate surface area is 162 Å². The molecule has 1 saturated carbocycles. The molecule has 1 aromatic heterocycles. The van der Waals surface area contributed by atoms with Crippen molar-refractivity contribution in [3.05, 3.63) is 51.9 Å². The topological polar surface area (TPSA) is 53.4 Å². The summed E-state index contributed by atoms with van der Waals surface area (Å²) in [7, 11) is 0. The molecule has 1 saturated heterocycles. The highest BCUT2D eigenvalue weighted by molar-refractivity contribution is 7.80. The molecule has 0 bridgehead atoms. The summed E-state index contributed by atoms with van der Waals surface area (Å²) in [6.07, 6.45) is 4.09. The van der Waals surface area contributed by atoms with Crippen LogP contribution in [0.1, 0.15) is 12.8 Å². The van der Waals surface area contributed by atoms with Crippen molar-refractivity contribution in [3.63, 3.8) is 0 Å². The number of halogens is 1. The summed E-state index contributed by atoms with van der Waals surface area (Å²) in [5, 5.41) is 8.72. The first-order valence-electron chi connectivity index (χ1n) is 8.77. The Morgan fingerprint density at radius 1 is 1.15 bits per heavy atom. The summed E-state index contributed by atoms with van der Waals surface area (Å²) in [5.74, 6) is 0. The molecule has 2 aliphatic rings. The van der Waals surface area contributed by atoms with Gasteiger partial charge in [-0.2, -0.15) is 9.78 Å². The first-order chi connectivity index (χ1) is 12.6. The molecule has 4 rings (SSSR count). The van der Waals surface area contributed by atoms with Crippen LogP contribution < -0.4 is 15.8 Å². The maximum atomic E-state index is 12.6. The van der Waals surface area contributed by atoms with Gasteiger partial charge in [0.15, 0.2) is 5.11 Å². The summed E-state index contributed by atoms with van der Waals surface area (Å²) in [6.45, 7) is 3.11. The molecule has 0 amide bonds. The smallest absolute Gasteiger partial charge is 0.292 e. The lowest BCUT2D eigenvalue weighted by atomic mass is 10.3. The van der Waals surface area contributed by atoms with Crippen LogP contribution in [0.2, 0.25) is 5.02 Å². The maximum absolute atomic E-state index is 12.6. The van der Waals surface area contributed by atoms with Crippen LogP contribution in [0.4, 0.5) is 5.69 Å². The van der Waals surface area contributed by atoms with Gasteiger partial charge in [-0.15, -0.1) is 0 Å². The number of para-hydroxylation sites is 1. The number of aromatic nitrogens is 2. The van der Waals surface area contributed by atoms with Crippen molar-refractivity contribution >= 4 is 34.6 Å². The molecule has 0 unspecified atom stereocenters. The second-order valence-corrected chi connectivity index (χ2v) is 7.36. The molecule has 26 heavy (non-hydrogen) atoms. The van der Waals surface area contributed by atoms with E-state index in [0.29, 0.717) is 17.4 Å². The summed E-state index contributed by atoms with van der Waals surface area (Å²) >= 11 is 11.9. The predicted molar refractivity (Wildman–Crippen MR) is 107 cm³/mol. The molecule has 0 radical (unpaired) electrons. The van der Waals surface area contributed by atoms with E-state index in [1.165, 1.54) is 17.5 Å². The molecule has 2 heterocycles. The summed E-state index contributed by atoms with van der Waals surface area (Å²) < 4.78 is 1.33. The van der Waals surface area contributed by atoms with E-state index >= 15 is 0 Å².